The Balaban J connectivity index is 1.94. The van der Waals surface area contributed by atoms with Crippen molar-refractivity contribution in [3.05, 3.63) is 68.5 Å². The highest BCUT2D eigenvalue weighted by Gasteiger charge is 2.19. The van der Waals surface area contributed by atoms with Gasteiger partial charge in [-0.2, -0.15) is 0 Å². The quantitative estimate of drug-likeness (QED) is 0.602. The van der Waals surface area contributed by atoms with Crippen LogP contribution in [0.25, 0.3) is 17.0 Å². The highest BCUT2D eigenvalue weighted by molar-refractivity contribution is 5.72. The minimum absolute atomic E-state index is 0.125. The zero-order chi connectivity index (χ0) is 21.0. The number of hydrogen-bond acceptors (Lipinski definition) is 4. The lowest BCUT2D eigenvalue weighted by molar-refractivity contribution is -0.137. The molecule has 2 N–H and O–H groups in total. The molecule has 7 heteroatoms. The van der Waals surface area contributed by atoms with Crippen LogP contribution in [-0.4, -0.2) is 33.8 Å². The molecule has 0 spiro atoms. The Morgan fingerprint density at radius 1 is 1.24 bits per heavy atom. The Hall–Kier alpha value is -3.75. The van der Waals surface area contributed by atoms with E-state index >= 15 is 0 Å². The average molecular weight is 391 g/mol. The van der Waals surface area contributed by atoms with Crippen molar-refractivity contribution in [2.75, 3.05) is 18.0 Å². The topological polar surface area (TPSA) is 87.1 Å². The van der Waals surface area contributed by atoms with Crippen LogP contribution in [0.3, 0.4) is 0 Å². The SMILES string of the molecule is [C-]#[N+]c1c(C)c(C=C=Cc2ccc(N3CCCC3)cc2)c(=O)n(CC(=O)O)c1O. The van der Waals surface area contributed by atoms with Crippen LogP contribution in [0, 0.1) is 13.5 Å². The molecule has 1 fully saturated rings. The van der Waals surface area contributed by atoms with Crippen molar-refractivity contribution in [2.24, 2.45) is 0 Å². The molecule has 2 aromatic rings. The Labute approximate surface area is 168 Å². The van der Waals surface area contributed by atoms with Gasteiger partial charge in [0, 0.05) is 24.3 Å². The summed E-state index contributed by atoms with van der Waals surface area (Å²) in [5.41, 5.74) is 4.59. The standard InChI is InChI=1S/C22H21N3O4/c1-15-18(21(28)25(14-19(26)27)22(29)20(15)23-2)7-5-6-16-8-10-17(11-9-16)24-12-3-4-13-24/h6-11,29H,3-4,12-14H2,1H3,(H,26,27). The van der Waals surface area contributed by atoms with Crippen LogP contribution in [0.1, 0.15) is 29.5 Å². The van der Waals surface area contributed by atoms with Gasteiger partial charge in [0.25, 0.3) is 5.56 Å². The van der Waals surface area contributed by atoms with Gasteiger partial charge >= 0.3 is 5.97 Å². The Bertz CT molecular complexity index is 1090. The molecule has 1 aromatic heterocycles. The second-order valence-corrected chi connectivity index (χ2v) is 6.85. The molecule has 1 aromatic carbocycles. The smallest absolute Gasteiger partial charge is 0.323 e. The molecule has 0 aliphatic carbocycles. The third kappa shape index (κ3) is 4.23. The number of anilines is 1. The molecule has 0 unspecified atom stereocenters. The number of rotatable bonds is 5. The van der Waals surface area contributed by atoms with E-state index in [1.54, 1.807) is 6.08 Å². The maximum Gasteiger partial charge on any atom is 0.323 e. The molecule has 0 amide bonds. The zero-order valence-corrected chi connectivity index (χ0v) is 16.1. The second-order valence-electron chi connectivity index (χ2n) is 6.85. The molecule has 1 saturated heterocycles. The molecule has 3 rings (SSSR count). The lowest BCUT2D eigenvalue weighted by Crippen LogP contribution is -2.26. The third-order valence-corrected chi connectivity index (χ3v) is 4.95. The van der Waals surface area contributed by atoms with Crippen LogP contribution in [0.4, 0.5) is 11.4 Å². The summed E-state index contributed by atoms with van der Waals surface area (Å²) < 4.78 is 0.682. The number of benzene rings is 1. The van der Waals surface area contributed by atoms with Crippen LogP contribution >= 0.6 is 0 Å². The first kappa shape index (κ1) is 20.0. The van der Waals surface area contributed by atoms with E-state index < -0.39 is 24.0 Å². The maximum atomic E-state index is 12.6. The minimum Gasteiger partial charge on any atom is -0.503 e. The van der Waals surface area contributed by atoms with Crippen LogP contribution in [0.15, 0.2) is 34.8 Å². The van der Waals surface area contributed by atoms with Gasteiger partial charge in [0.15, 0.2) is 5.88 Å². The Kier molecular flexibility index (Phi) is 5.87. The fourth-order valence-electron chi connectivity index (χ4n) is 3.39. The van der Waals surface area contributed by atoms with E-state index in [1.807, 2.05) is 24.3 Å². The molecule has 0 saturated carbocycles. The van der Waals surface area contributed by atoms with E-state index in [0.29, 0.717) is 4.57 Å². The molecular weight excluding hydrogens is 370 g/mol. The van der Waals surface area contributed by atoms with Crippen LogP contribution in [0.2, 0.25) is 0 Å². The van der Waals surface area contributed by atoms with Crippen LogP contribution < -0.4 is 10.5 Å². The number of carboxylic acids is 1. The first-order valence-electron chi connectivity index (χ1n) is 9.25. The molecular formula is C22H21N3O4. The Morgan fingerprint density at radius 3 is 2.48 bits per heavy atom. The maximum absolute atomic E-state index is 12.6. The summed E-state index contributed by atoms with van der Waals surface area (Å²) in [4.78, 5) is 29.2. The highest BCUT2D eigenvalue weighted by atomic mass is 16.4. The van der Waals surface area contributed by atoms with Gasteiger partial charge in [-0.15, -0.1) is 5.73 Å². The predicted molar refractivity (Wildman–Crippen MR) is 111 cm³/mol. The summed E-state index contributed by atoms with van der Waals surface area (Å²) in [6.45, 7) is 10.2. The molecule has 7 nitrogen and oxygen atoms in total. The summed E-state index contributed by atoms with van der Waals surface area (Å²) in [6.07, 6.45) is 5.54. The van der Waals surface area contributed by atoms with E-state index in [9.17, 15) is 14.7 Å². The van der Waals surface area contributed by atoms with Crippen molar-refractivity contribution < 1.29 is 15.0 Å². The van der Waals surface area contributed by atoms with E-state index in [0.717, 1.165) is 18.7 Å². The summed E-state index contributed by atoms with van der Waals surface area (Å²) >= 11 is 0. The van der Waals surface area contributed by atoms with Crippen molar-refractivity contribution >= 4 is 29.5 Å². The molecule has 148 valence electrons. The number of nitrogens with zero attached hydrogens (tertiary/aromatic N) is 3. The van der Waals surface area contributed by atoms with Gasteiger partial charge in [0.1, 0.15) is 6.54 Å². The van der Waals surface area contributed by atoms with Gasteiger partial charge in [-0.3, -0.25) is 14.2 Å². The van der Waals surface area contributed by atoms with Crippen molar-refractivity contribution in [3.63, 3.8) is 0 Å². The lowest BCUT2D eigenvalue weighted by Gasteiger charge is -2.17. The molecule has 29 heavy (non-hydrogen) atoms. The number of aliphatic carboxylic acids is 1. The van der Waals surface area contributed by atoms with Crippen LogP contribution in [-0.2, 0) is 11.3 Å². The summed E-state index contributed by atoms with van der Waals surface area (Å²) in [6, 6.07) is 8.01. The molecule has 0 radical (unpaired) electrons. The minimum atomic E-state index is -1.29. The largest absolute Gasteiger partial charge is 0.503 e. The fourth-order valence-corrected chi connectivity index (χ4v) is 3.39. The van der Waals surface area contributed by atoms with Crippen LogP contribution in [0.5, 0.6) is 5.88 Å². The number of hydrogen-bond donors (Lipinski definition) is 2. The average Bonchev–Trinajstić information content (AvgIpc) is 3.23. The monoisotopic (exact) mass is 391 g/mol. The number of aromatic nitrogens is 1. The normalized spacial score (nSPS) is 12.9. The van der Waals surface area contributed by atoms with Gasteiger partial charge in [0.05, 0.1) is 6.57 Å². The van der Waals surface area contributed by atoms with Gasteiger partial charge in [-0.05, 0) is 55.2 Å². The predicted octanol–water partition coefficient (Wildman–Crippen LogP) is 3.42. The van der Waals surface area contributed by atoms with Gasteiger partial charge in [0.2, 0.25) is 5.69 Å². The molecule has 1 aliphatic rings. The summed E-state index contributed by atoms with van der Waals surface area (Å²) in [5, 5.41) is 19.1. The first-order chi connectivity index (χ1) is 13.9. The van der Waals surface area contributed by atoms with Gasteiger partial charge < -0.3 is 15.1 Å². The molecule has 0 atom stereocenters. The van der Waals surface area contributed by atoms with Crippen molar-refractivity contribution in [1.82, 2.24) is 4.57 Å². The fraction of sp³-hybridized carbons (Fsp3) is 0.273. The highest BCUT2D eigenvalue weighted by Crippen LogP contribution is 2.31. The molecule has 2 heterocycles. The number of carbonyl (C=O) groups is 1. The number of carboxylic acid groups (broad SMARTS) is 1. The lowest BCUT2D eigenvalue weighted by atomic mass is 10.1. The molecule has 1 aliphatic heterocycles. The first-order valence-corrected chi connectivity index (χ1v) is 9.25. The van der Waals surface area contributed by atoms with Crippen molar-refractivity contribution in [3.8, 4) is 5.88 Å². The van der Waals surface area contributed by atoms with Crippen molar-refractivity contribution in [1.29, 1.82) is 0 Å². The van der Waals surface area contributed by atoms with E-state index in [2.05, 4.69) is 15.5 Å². The summed E-state index contributed by atoms with van der Waals surface area (Å²) in [5.74, 6) is -1.92. The number of aromatic hydroxyl groups is 1. The Morgan fingerprint density at radius 2 is 1.90 bits per heavy atom. The van der Waals surface area contributed by atoms with E-state index in [4.69, 9.17) is 11.7 Å². The third-order valence-electron chi connectivity index (χ3n) is 4.95. The van der Waals surface area contributed by atoms with Gasteiger partial charge in [-0.1, -0.05) is 12.1 Å². The van der Waals surface area contributed by atoms with E-state index in [-0.39, 0.29) is 16.8 Å². The van der Waals surface area contributed by atoms with Crippen molar-refractivity contribution in [2.45, 2.75) is 26.3 Å². The van der Waals surface area contributed by atoms with Gasteiger partial charge in [-0.25, -0.2) is 4.85 Å². The molecule has 0 bridgehead atoms. The zero-order valence-electron chi connectivity index (χ0n) is 16.1. The second kappa shape index (κ2) is 8.51. The van der Waals surface area contributed by atoms with E-state index in [1.165, 1.54) is 31.5 Å². The summed E-state index contributed by atoms with van der Waals surface area (Å²) in [7, 11) is 0. The number of pyridine rings is 1.